The molecule has 1 aromatic rings. The van der Waals surface area contributed by atoms with Crippen molar-refractivity contribution in [2.24, 2.45) is 5.92 Å². The van der Waals surface area contributed by atoms with E-state index in [0.29, 0.717) is 22.9 Å². The van der Waals surface area contributed by atoms with Crippen molar-refractivity contribution in [1.29, 1.82) is 0 Å². The average Bonchev–Trinajstić information content (AvgIpc) is 2.87. The Hall–Kier alpha value is -1.03. The van der Waals surface area contributed by atoms with E-state index in [1.165, 1.54) is 12.8 Å². The summed E-state index contributed by atoms with van der Waals surface area (Å²) in [4.78, 5) is 11.2. The second-order valence-electron chi connectivity index (χ2n) is 5.44. The fourth-order valence-electron chi connectivity index (χ4n) is 2.63. The van der Waals surface area contributed by atoms with E-state index < -0.39 is 0 Å². The molecule has 0 radical (unpaired) electrons. The van der Waals surface area contributed by atoms with E-state index in [1.807, 2.05) is 0 Å². The molecule has 1 saturated heterocycles. The molecule has 1 aromatic heterocycles. The van der Waals surface area contributed by atoms with Crippen LogP contribution in [-0.2, 0) is 0 Å². The van der Waals surface area contributed by atoms with E-state index in [9.17, 15) is 0 Å². The minimum atomic E-state index is 0.534. The maximum Gasteiger partial charge on any atom is 0.224 e. The molecule has 1 N–H and O–H groups in total. The summed E-state index contributed by atoms with van der Waals surface area (Å²) in [7, 11) is 0. The molecule has 19 heavy (non-hydrogen) atoms. The summed E-state index contributed by atoms with van der Waals surface area (Å²) in [5.41, 5.74) is 0. The first-order chi connectivity index (χ1) is 9.13. The van der Waals surface area contributed by atoms with Gasteiger partial charge in [-0.2, -0.15) is 4.98 Å². The SMILES string of the molecule is CCCNc1ncc(Cl)c(N2CCCC2C(C)C)n1. The van der Waals surface area contributed by atoms with Gasteiger partial charge in [-0.3, -0.25) is 0 Å². The van der Waals surface area contributed by atoms with Crippen molar-refractivity contribution in [3.63, 3.8) is 0 Å². The lowest BCUT2D eigenvalue weighted by atomic mass is 10.0. The minimum absolute atomic E-state index is 0.534. The van der Waals surface area contributed by atoms with Crippen molar-refractivity contribution in [3.05, 3.63) is 11.2 Å². The van der Waals surface area contributed by atoms with Crippen LogP contribution in [0.3, 0.4) is 0 Å². The fraction of sp³-hybridized carbons (Fsp3) is 0.714. The van der Waals surface area contributed by atoms with E-state index in [1.54, 1.807) is 6.20 Å². The molecule has 2 heterocycles. The largest absolute Gasteiger partial charge is 0.354 e. The zero-order valence-electron chi connectivity index (χ0n) is 12.0. The van der Waals surface area contributed by atoms with Gasteiger partial charge in [-0.25, -0.2) is 4.98 Å². The molecule has 1 aliphatic heterocycles. The standard InChI is InChI=1S/C14H23ClN4/c1-4-7-16-14-17-9-11(15)13(18-14)19-8-5-6-12(19)10(2)3/h9-10,12H,4-8H2,1-3H3,(H,16,17,18). The lowest BCUT2D eigenvalue weighted by Gasteiger charge is -2.29. The van der Waals surface area contributed by atoms with Crippen molar-refractivity contribution in [2.75, 3.05) is 23.3 Å². The average molecular weight is 283 g/mol. The molecular formula is C14H23ClN4. The van der Waals surface area contributed by atoms with E-state index in [0.717, 1.165) is 25.3 Å². The highest BCUT2D eigenvalue weighted by atomic mass is 35.5. The molecular weight excluding hydrogens is 260 g/mol. The Kier molecular flexibility index (Phi) is 4.86. The molecule has 1 unspecified atom stereocenters. The molecule has 2 rings (SSSR count). The smallest absolute Gasteiger partial charge is 0.224 e. The zero-order chi connectivity index (χ0) is 13.8. The van der Waals surface area contributed by atoms with Crippen LogP contribution in [0, 0.1) is 5.92 Å². The van der Waals surface area contributed by atoms with Gasteiger partial charge in [0, 0.05) is 19.1 Å². The normalized spacial score (nSPS) is 19.2. The van der Waals surface area contributed by atoms with E-state index >= 15 is 0 Å². The van der Waals surface area contributed by atoms with Crippen LogP contribution in [-0.4, -0.2) is 29.1 Å². The van der Waals surface area contributed by atoms with Crippen LogP contribution in [0.15, 0.2) is 6.20 Å². The molecule has 5 heteroatoms. The number of halogens is 1. The number of rotatable bonds is 5. The lowest BCUT2D eigenvalue weighted by Crippen LogP contribution is -2.34. The number of anilines is 2. The Balaban J connectivity index is 2.22. The molecule has 1 aliphatic rings. The first-order valence-corrected chi connectivity index (χ1v) is 7.54. The van der Waals surface area contributed by atoms with Gasteiger partial charge in [-0.1, -0.05) is 32.4 Å². The van der Waals surface area contributed by atoms with Crippen LogP contribution in [0.4, 0.5) is 11.8 Å². The summed E-state index contributed by atoms with van der Waals surface area (Å²) in [5, 5.41) is 3.87. The predicted octanol–water partition coefficient (Wildman–Crippen LogP) is 3.58. The van der Waals surface area contributed by atoms with Gasteiger partial charge in [0.25, 0.3) is 0 Å². The van der Waals surface area contributed by atoms with Gasteiger partial charge in [0.05, 0.1) is 6.20 Å². The lowest BCUT2D eigenvalue weighted by molar-refractivity contribution is 0.489. The summed E-state index contributed by atoms with van der Waals surface area (Å²) in [5.74, 6) is 2.17. The summed E-state index contributed by atoms with van der Waals surface area (Å²) < 4.78 is 0. The summed E-state index contributed by atoms with van der Waals surface area (Å²) in [6.07, 6.45) is 5.19. The Morgan fingerprint density at radius 1 is 1.53 bits per heavy atom. The molecule has 106 valence electrons. The topological polar surface area (TPSA) is 41.1 Å². The highest BCUT2D eigenvalue weighted by Crippen LogP contribution is 2.33. The molecule has 1 fully saturated rings. The van der Waals surface area contributed by atoms with Crippen LogP contribution in [0.1, 0.15) is 40.0 Å². The van der Waals surface area contributed by atoms with Crippen LogP contribution in [0.25, 0.3) is 0 Å². The molecule has 0 aliphatic carbocycles. The molecule has 1 atom stereocenters. The van der Waals surface area contributed by atoms with Crippen molar-refractivity contribution < 1.29 is 0 Å². The van der Waals surface area contributed by atoms with E-state index in [2.05, 4.69) is 41.0 Å². The second-order valence-corrected chi connectivity index (χ2v) is 5.85. The Bertz CT molecular complexity index is 422. The number of hydrogen-bond acceptors (Lipinski definition) is 4. The zero-order valence-corrected chi connectivity index (χ0v) is 12.7. The number of nitrogens with one attached hydrogen (secondary N) is 1. The van der Waals surface area contributed by atoms with Crippen molar-refractivity contribution in [3.8, 4) is 0 Å². The van der Waals surface area contributed by atoms with Gasteiger partial charge < -0.3 is 10.2 Å². The van der Waals surface area contributed by atoms with Crippen molar-refractivity contribution in [1.82, 2.24) is 9.97 Å². The summed E-state index contributed by atoms with van der Waals surface area (Å²) in [6, 6.07) is 0.534. The molecule has 0 saturated carbocycles. The van der Waals surface area contributed by atoms with Crippen LogP contribution in [0.5, 0.6) is 0 Å². The van der Waals surface area contributed by atoms with Gasteiger partial charge in [-0.05, 0) is 25.2 Å². The molecule has 0 spiro atoms. The first kappa shape index (κ1) is 14.4. The van der Waals surface area contributed by atoms with E-state index in [4.69, 9.17) is 11.6 Å². The predicted molar refractivity (Wildman–Crippen MR) is 81.0 cm³/mol. The first-order valence-electron chi connectivity index (χ1n) is 7.16. The molecule has 0 aromatic carbocycles. The molecule has 4 nitrogen and oxygen atoms in total. The third-order valence-corrected chi connectivity index (χ3v) is 3.87. The van der Waals surface area contributed by atoms with Gasteiger partial charge in [0.15, 0.2) is 5.82 Å². The fourth-order valence-corrected chi connectivity index (χ4v) is 2.83. The van der Waals surface area contributed by atoms with Gasteiger partial charge in [-0.15, -0.1) is 0 Å². The van der Waals surface area contributed by atoms with Gasteiger partial charge >= 0.3 is 0 Å². The maximum atomic E-state index is 6.29. The van der Waals surface area contributed by atoms with Crippen LogP contribution in [0.2, 0.25) is 5.02 Å². The summed E-state index contributed by atoms with van der Waals surface area (Å²) >= 11 is 6.29. The number of hydrogen-bond donors (Lipinski definition) is 1. The van der Waals surface area contributed by atoms with Crippen molar-refractivity contribution >= 4 is 23.4 Å². The Labute approximate surface area is 120 Å². The second kappa shape index (κ2) is 6.42. The molecule has 0 bridgehead atoms. The molecule has 0 amide bonds. The highest BCUT2D eigenvalue weighted by Gasteiger charge is 2.29. The van der Waals surface area contributed by atoms with Crippen LogP contribution < -0.4 is 10.2 Å². The maximum absolute atomic E-state index is 6.29. The van der Waals surface area contributed by atoms with E-state index in [-0.39, 0.29) is 0 Å². The minimum Gasteiger partial charge on any atom is -0.354 e. The highest BCUT2D eigenvalue weighted by molar-refractivity contribution is 6.32. The van der Waals surface area contributed by atoms with Crippen LogP contribution >= 0.6 is 11.6 Å². The number of nitrogens with zero attached hydrogens (tertiary/aromatic N) is 3. The third-order valence-electron chi connectivity index (χ3n) is 3.60. The van der Waals surface area contributed by atoms with Gasteiger partial charge in [0.1, 0.15) is 5.02 Å². The number of aromatic nitrogens is 2. The summed E-state index contributed by atoms with van der Waals surface area (Å²) in [6.45, 7) is 8.56. The third kappa shape index (κ3) is 3.30. The monoisotopic (exact) mass is 282 g/mol. The van der Waals surface area contributed by atoms with Gasteiger partial charge in [0.2, 0.25) is 5.95 Å². The quantitative estimate of drug-likeness (QED) is 0.896. The Morgan fingerprint density at radius 3 is 3.00 bits per heavy atom. The van der Waals surface area contributed by atoms with Crippen molar-refractivity contribution in [2.45, 2.75) is 46.1 Å². The Morgan fingerprint density at radius 2 is 2.32 bits per heavy atom.